The SMILES string of the molecule is Cc1ccc(F)cc1CNc1ccc(S(C)(=O)=O)cc1. The molecular formula is C15H16FNO2S. The number of hydrogen-bond donors (Lipinski definition) is 1. The fraction of sp³-hybridized carbons (Fsp3) is 0.200. The van der Waals surface area contributed by atoms with Crippen LogP contribution in [0.25, 0.3) is 0 Å². The standard InChI is InChI=1S/C15H16FNO2S/c1-11-3-4-13(16)9-12(11)10-17-14-5-7-15(8-6-14)20(2,18)19/h3-9,17H,10H2,1-2H3. The van der Waals surface area contributed by atoms with Crippen LogP contribution in [-0.4, -0.2) is 14.7 Å². The van der Waals surface area contributed by atoms with Crippen LogP contribution in [0.1, 0.15) is 11.1 Å². The first kappa shape index (κ1) is 14.5. The molecule has 0 radical (unpaired) electrons. The number of anilines is 1. The predicted molar refractivity (Wildman–Crippen MR) is 78.0 cm³/mol. The Hall–Kier alpha value is -1.88. The van der Waals surface area contributed by atoms with E-state index in [1.165, 1.54) is 18.4 Å². The van der Waals surface area contributed by atoms with Crippen molar-refractivity contribution in [2.45, 2.75) is 18.4 Å². The summed E-state index contributed by atoms with van der Waals surface area (Å²) in [5.74, 6) is -0.264. The third-order valence-electron chi connectivity index (χ3n) is 3.08. The van der Waals surface area contributed by atoms with E-state index in [1.807, 2.05) is 6.92 Å². The van der Waals surface area contributed by atoms with Gasteiger partial charge in [0, 0.05) is 18.5 Å². The summed E-state index contributed by atoms with van der Waals surface area (Å²) < 4.78 is 35.8. The number of rotatable bonds is 4. The van der Waals surface area contributed by atoms with Crippen molar-refractivity contribution >= 4 is 15.5 Å². The maximum absolute atomic E-state index is 13.2. The third kappa shape index (κ3) is 3.57. The summed E-state index contributed by atoms with van der Waals surface area (Å²) in [4.78, 5) is 0.282. The van der Waals surface area contributed by atoms with E-state index in [1.54, 1.807) is 30.3 Å². The van der Waals surface area contributed by atoms with Crippen LogP contribution in [0.3, 0.4) is 0 Å². The average Bonchev–Trinajstić information content (AvgIpc) is 2.39. The van der Waals surface area contributed by atoms with Crippen molar-refractivity contribution in [3.8, 4) is 0 Å². The van der Waals surface area contributed by atoms with E-state index in [2.05, 4.69) is 5.32 Å². The molecule has 2 aromatic carbocycles. The molecule has 0 saturated carbocycles. The van der Waals surface area contributed by atoms with Gasteiger partial charge in [-0.1, -0.05) is 6.07 Å². The molecule has 0 saturated heterocycles. The maximum Gasteiger partial charge on any atom is 0.175 e. The lowest BCUT2D eigenvalue weighted by Crippen LogP contribution is -2.02. The number of aryl methyl sites for hydroxylation is 1. The molecule has 1 N–H and O–H groups in total. The molecule has 0 amide bonds. The first-order valence-electron chi connectivity index (χ1n) is 6.15. The molecule has 2 aromatic rings. The van der Waals surface area contributed by atoms with Crippen LogP contribution in [0.4, 0.5) is 10.1 Å². The number of hydrogen-bond acceptors (Lipinski definition) is 3. The Kier molecular flexibility index (Phi) is 4.09. The van der Waals surface area contributed by atoms with Crippen molar-refractivity contribution in [2.75, 3.05) is 11.6 Å². The van der Waals surface area contributed by atoms with E-state index in [-0.39, 0.29) is 10.7 Å². The van der Waals surface area contributed by atoms with Crippen LogP contribution >= 0.6 is 0 Å². The van der Waals surface area contributed by atoms with Gasteiger partial charge in [-0.3, -0.25) is 0 Å². The van der Waals surface area contributed by atoms with Crippen molar-refractivity contribution in [3.63, 3.8) is 0 Å². The summed E-state index contributed by atoms with van der Waals surface area (Å²) >= 11 is 0. The van der Waals surface area contributed by atoms with Crippen LogP contribution in [0, 0.1) is 12.7 Å². The minimum Gasteiger partial charge on any atom is -0.381 e. The number of sulfone groups is 1. The van der Waals surface area contributed by atoms with Gasteiger partial charge in [-0.25, -0.2) is 12.8 Å². The highest BCUT2D eigenvalue weighted by molar-refractivity contribution is 7.90. The average molecular weight is 293 g/mol. The molecule has 0 unspecified atom stereocenters. The Morgan fingerprint density at radius 2 is 1.75 bits per heavy atom. The van der Waals surface area contributed by atoms with E-state index in [0.717, 1.165) is 16.8 Å². The highest BCUT2D eigenvalue weighted by Crippen LogP contribution is 2.16. The highest BCUT2D eigenvalue weighted by Gasteiger charge is 2.06. The van der Waals surface area contributed by atoms with Gasteiger partial charge in [0.1, 0.15) is 5.82 Å². The third-order valence-corrected chi connectivity index (χ3v) is 4.21. The summed E-state index contributed by atoms with van der Waals surface area (Å²) in [7, 11) is -3.18. The summed E-state index contributed by atoms with van der Waals surface area (Å²) in [5.41, 5.74) is 2.67. The van der Waals surface area contributed by atoms with E-state index in [0.29, 0.717) is 6.54 Å². The van der Waals surface area contributed by atoms with Gasteiger partial charge in [-0.15, -0.1) is 0 Å². The first-order chi connectivity index (χ1) is 9.36. The predicted octanol–water partition coefficient (Wildman–Crippen LogP) is 3.15. The van der Waals surface area contributed by atoms with E-state index < -0.39 is 9.84 Å². The molecule has 0 heterocycles. The Labute approximate surface area is 118 Å². The molecule has 0 atom stereocenters. The zero-order chi connectivity index (χ0) is 14.8. The summed E-state index contributed by atoms with van der Waals surface area (Å²) in [5, 5.41) is 3.15. The fourth-order valence-electron chi connectivity index (χ4n) is 1.85. The zero-order valence-electron chi connectivity index (χ0n) is 11.4. The molecule has 0 aliphatic heterocycles. The minimum atomic E-state index is -3.18. The van der Waals surface area contributed by atoms with Gasteiger partial charge < -0.3 is 5.32 Å². The molecule has 0 aliphatic carbocycles. The van der Waals surface area contributed by atoms with Crippen molar-refractivity contribution in [2.24, 2.45) is 0 Å². The number of benzene rings is 2. The Balaban J connectivity index is 2.10. The van der Waals surface area contributed by atoms with Crippen molar-refractivity contribution in [1.82, 2.24) is 0 Å². The second kappa shape index (κ2) is 5.63. The summed E-state index contributed by atoms with van der Waals surface area (Å²) in [6, 6.07) is 11.2. The Morgan fingerprint density at radius 1 is 1.10 bits per heavy atom. The first-order valence-corrected chi connectivity index (χ1v) is 8.04. The lowest BCUT2D eigenvalue weighted by Gasteiger charge is -2.09. The second-order valence-electron chi connectivity index (χ2n) is 4.72. The largest absolute Gasteiger partial charge is 0.381 e. The molecule has 3 nitrogen and oxygen atoms in total. The Bertz CT molecular complexity index is 709. The molecule has 0 bridgehead atoms. The molecule has 2 rings (SSSR count). The molecule has 106 valence electrons. The molecule has 0 spiro atoms. The smallest absolute Gasteiger partial charge is 0.175 e. The Morgan fingerprint density at radius 3 is 2.35 bits per heavy atom. The lowest BCUT2D eigenvalue weighted by atomic mass is 10.1. The molecule has 0 fully saturated rings. The number of nitrogens with one attached hydrogen (secondary N) is 1. The zero-order valence-corrected chi connectivity index (χ0v) is 12.2. The summed E-state index contributed by atoms with van der Waals surface area (Å²) in [6.07, 6.45) is 1.17. The quantitative estimate of drug-likeness (QED) is 0.942. The highest BCUT2D eigenvalue weighted by atomic mass is 32.2. The van der Waals surface area contributed by atoms with Gasteiger partial charge >= 0.3 is 0 Å². The van der Waals surface area contributed by atoms with Gasteiger partial charge in [0.05, 0.1) is 4.90 Å². The molecule has 0 aromatic heterocycles. The fourth-order valence-corrected chi connectivity index (χ4v) is 2.48. The topological polar surface area (TPSA) is 46.2 Å². The maximum atomic E-state index is 13.2. The van der Waals surface area contributed by atoms with Crippen LogP contribution in [0.5, 0.6) is 0 Å². The van der Waals surface area contributed by atoms with Gasteiger partial charge in [0.25, 0.3) is 0 Å². The monoisotopic (exact) mass is 293 g/mol. The van der Waals surface area contributed by atoms with Crippen LogP contribution in [0.2, 0.25) is 0 Å². The molecule has 0 aliphatic rings. The van der Waals surface area contributed by atoms with Gasteiger partial charge in [0.2, 0.25) is 0 Å². The minimum absolute atomic E-state index is 0.264. The molecule has 20 heavy (non-hydrogen) atoms. The molecular weight excluding hydrogens is 277 g/mol. The van der Waals surface area contributed by atoms with Gasteiger partial charge in [-0.05, 0) is 54.4 Å². The van der Waals surface area contributed by atoms with Crippen molar-refractivity contribution in [1.29, 1.82) is 0 Å². The van der Waals surface area contributed by atoms with E-state index in [9.17, 15) is 12.8 Å². The van der Waals surface area contributed by atoms with Crippen molar-refractivity contribution in [3.05, 3.63) is 59.4 Å². The van der Waals surface area contributed by atoms with E-state index >= 15 is 0 Å². The summed E-state index contributed by atoms with van der Waals surface area (Å²) in [6.45, 7) is 2.41. The molecule has 5 heteroatoms. The van der Waals surface area contributed by atoms with Crippen LogP contribution in [0.15, 0.2) is 47.4 Å². The van der Waals surface area contributed by atoms with Gasteiger partial charge in [0.15, 0.2) is 9.84 Å². The normalized spacial score (nSPS) is 11.3. The second-order valence-corrected chi connectivity index (χ2v) is 6.74. The van der Waals surface area contributed by atoms with Gasteiger partial charge in [-0.2, -0.15) is 0 Å². The van der Waals surface area contributed by atoms with Crippen molar-refractivity contribution < 1.29 is 12.8 Å². The lowest BCUT2D eigenvalue weighted by molar-refractivity contribution is 0.602. The van der Waals surface area contributed by atoms with Crippen LogP contribution in [-0.2, 0) is 16.4 Å². The van der Waals surface area contributed by atoms with Crippen LogP contribution < -0.4 is 5.32 Å². The van der Waals surface area contributed by atoms with E-state index in [4.69, 9.17) is 0 Å². The number of halogens is 1.